The number of benzene rings is 2. The molecule has 0 unspecified atom stereocenters. The maximum absolute atomic E-state index is 13.4. The number of hydrogen-bond acceptors (Lipinski definition) is 2. The molecule has 1 amide bonds. The first-order chi connectivity index (χ1) is 10.6. The van der Waals surface area contributed by atoms with Crippen molar-refractivity contribution in [2.45, 2.75) is 13.0 Å². The molecule has 0 heterocycles. The zero-order valence-electron chi connectivity index (χ0n) is 12.1. The van der Waals surface area contributed by atoms with Crippen molar-refractivity contribution >= 4 is 17.5 Å². The molecule has 0 saturated carbocycles. The quantitative estimate of drug-likeness (QED) is 0.823. The molecule has 0 spiro atoms. The molecule has 2 aromatic carbocycles. The van der Waals surface area contributed by atoms with E-state index < -0.39 is 0 Å². The molecule has 3 nitrogen and oxygen atoms in total. The van der Waals surface area contributed by atoms with Gasteiger partial charge in [-0.15, -0.1) is 0 Å². The van der Waals surface area contributed by atoms with E-state index in [0.717, 1.165) is 12.0 Å². The summed E-state index contributed by atoms with van der Waals surface area (Å²) in [5.41, 5.74) is 1.67. The molecule has 0 aliphatic rings. The van der Waals surface area contributed by atoms with E-state index >= 15 is 0 Å². The van der Waals surface area contributed by atoms with Crippen LogP contribution in [0.25, 0.3) is 0 Å². The van der Waals surface area contributed by atoms with Crippen LogP contribution in [0.1, 0.15) is 11.1 Å². The monoisotopic (exact) mass is 320 g/mol. The first-order valence-corrected chi connectivity index (χ1v) is 7.48. The molecule has 0 aliphatic carbocycles. The van der Waals surface area contributed by atoms with Crippen LogP contribution < -0.4 is 10.6 Å². The summed E-state index contributed by atoms with van der Waals surface area (Å²) in [5, 5.41) is 6.45. The van der Waals surface area contributed by atoms with Gasteiger partial charge in [0.05, 0.1) is 6.54 Å². The van der Waals surface area contributed by atoms with E-state index in [1.807, 2.05) is 24.3 Å². The van der Waals surface area contributed by atoms with Crippen LogP contribution >= 0.6 is 11.6 Å². The minimum atomic E-state index is -0.266. The molecule has 2 aromatic rings. The van der Waals surface area contributed by atoms with Crippen LogP contribution in [-0.4, -0.2) is 19.0 Å². The van der Waals surface area contributed by atoms with Gasteiger partial charge in [0.2, 0.25) is 5.91 Å². The minimum Gasteiger partial charge on any atom is -0.355 e. The Labute approximate surface area is 134 Å². The lowest BCUT2D eigenvalue weighted by molar-refractivity contribution is -0.120. The fourth-order valence-corrected chi connectivity index (χ4v) is 2.14. The lowest BCUT2D eigenvalue weighted by Crippen LogP contribution is -2.34. The van der Waals surface area contributed by atoms with Crippen molar-refractivity contribution in [1.82, 2.24) is 10.6 Å². The van der Waals surface area contributed by atoms with Gasteiger partial charge in [0.1, 0.15) is 5.82 Å². The minimum absolute atomic E-state index is 0.106. The van der Waals surface area contributed by atoms with E-state index in [9.17, 15) is 9.18 Å². The van der Waals surface area contributed by atoms with Crippen molar-refractivity contribution in [3.8, 4) is 0 Å². The van der Waals surface area contributed by atoms with Gasteiger partial charge in [0.25, 0.3) is 0 Å². The zero-order valence-corrected chi connectivity index (χ0v) is 12.9. The summed E-state index contributed by atoms with van der Waals surface area (Å²) in [6.45, 7) is 1.05. The molecule has 0 fully saturated rings. The highest BCUT2D eigenvalue weighted by molar-refractivity contribution is 6.30. The van der Waals surface area contributed by atoms with Crippen molar-refractivity contribution in [3.05, 3.63) is 70.5 Å². The maximum atomic E-state index is 13.4. The molecular formula is C17H18ClFN2O. The number of nitrogens with one attached hydrogen (secondary N) is 2. The van der Waals surface area contributed by atoms with Gasteiger partial charge in [-0.25, -0.2) is 4.39 Å². The van der Waals surface area contributed by atoms with Gasteiger partial charge in [-0.3, -0.25) is 4.79 Å². The molecule has 0 aliphatic heterocycles. The number of carbonyl (C=O) groups excluding carboxylic acids is 1. The number of hydrogen-bond donors (Lipinski definition) is 2. The molecular weight excluding hydrogens is 303 g/mol. The molecule has 116 valence electrons. The summed E-state index contributed by atoms with van der Waals surface area (Å²) in [4.78, 5) is 11.7. The maximum Gasteiger partial charge on any atom is 0.233 e. The SMILES string of the molecule is O=C(CNCc1ccccc1F)NCCc1ccc(Cl)cc1. The van der Waals surface area contributed by atoms with E-state index in [-0.39, 0.29) is 18.3 Å². The van der Waals surface area contributed by atoms with Crippen LogP contribution in [0.2, 0.25) is 5.02 Å². The summed E-state index contributed by atoms with van der Waals surface area (Å²) in [7, 11) is 0. The number of halogens is 2. The average Bonchev–Trinajstić information content (AvgIpc) is 2.51. The van der Waals surface area contributed by atoms with Gasteiger partial charge >= 0.3 is 0 Å². The summed E-state index contributed by atoms with van der Waals surface area (Å²) < 4.78 is 13.4. The molecule has 2 rings (SSSR count). The van der Waals surface area contributed by atoms with Crippen LogP contribution in [0.3, 0.4) is 0 Å². The van der Waals surface area contributed by atoms with Crippen molar-refractivity contribution < 1.29 is 9.18 Å². The Morgan fingerprint density at radius 1 is 1.09 bits per heavy atom. The Hall–Kier alpha value is -1.91. The second-order valence-corrected chi connectivity index (χ2v) is 5.36. The second kappa shape index (κ2) is 8.51. The van der Waals surface area contributed by atoms with Crippen molar-refractivity contribution in [2.24, 2.45) is 0 Å². The third kappa shape index (κ3) is 5.47. The first-order valence-electron chi connectivity index (χ1n) is 7.10. The van der Waals surface area contributed by atoms with Crippen molar-refractivity contribution in [2.75, 3.05) is 13.1 Å². The van der Waals surface area contributed by atoms with Crippen LogP contribution in [-0.2, 0) is 17.8 Å². The summed E-state index contributed by atoms with van der Waals surface area (Å²) in [5.74, 6) is -0.372. The summed E-state index contributed by atoms with van der Waals surface area (Å²) >= 11 is 5.81. The Bertz CT molecular complexity index is 616. The predicted octanol–water partition coefficient (Wildman–Crippen LogP) is 2.93. The van der Waals surface area contributed by atoms with Crippen LogP contribution in [0.5, 0.6) is 0 Å². The number of carbonyl (C=O) groups is 1. The van der Waals surface area contributed by atoms with E-state index in [2.05, 4.69) is 10.6 Å². The van der Waals surface area contributed by atoms with Gasteiger partial charge in [-0.05, 0) is 30.2 Å². The van der Waals surface area contributed by atoms with Crippen molar-refractivity contribution in [3.63, 3.8) is 0 Å². The first kappa shape index (κ1) is 16.5. The standard InChI is InChI=1S/C17H18ClFN2O/c18-15-7-5-13(6-8-15)9-10-21-17(22)12-20-11-14-3-1-2-4-16(14)19/h1-8,20H,9-12H2,(H,21,22). The molecule has 0 bridgehead atoms. The topological polar surface area (TPSA) is 41.1 Å². The van der Waals surface area contributed by atoms with Crippen LogP contribution in [0.4, 0.5) is 4.39 Å². The van der Waals surface area contributed by atoms with Crippen molar-refractivity contribution in [1.29, 1.82) is 0 Å². The third-order valence-corrected chi connectivity index (χ3v) is 3.46. The fourth-order valence-electron chi connectivity index (χ4n) is 2.01. The molecule has 22 heavy (non-hydrogen) atoms. The predicted molar refractivity (Wildman–Crippen MR) is 86.3 cm³/mol. The van der Waals surface area contributed by atoms with Crippen LogP contribution in [0, 0.1) is 5.82 Å². The van der Waals surface area contributed by atoms with Gasteiger partial charge in [0.15, 0.2) is 0 Å². The van der Waals surface area contributed by atoms with Gasteiger partial charge < -0.3 is 10.6 Å². The van der Waals surface area contributed by atoms with E-state index in [1.165, 1.54) is 6.07 Å². The highest BCUT2D eigenvalue weighted by Gasteiger charge is 2.03. The number of rotatable bonds is 7. The molecule has 0 radical (unpaired) electrons. The third-order valence-electron chi connectivity index (χ3n) is 3.21. The Morgan fingerprint density at radius 3 is 2.55 bits per heavy atom. The fraction of sp³-hybridized carbons (Fsp3) is 0.235. The summed E-state index contributed by atoms with van der Waals surface area (Å²) in [6, 6.07) is 14.0. The highest BCUT2D eigenvalue weighted by Crippen LogP contribution is 2.09. The molecule has 5 heteroatoms. The average molecular weight is 321 g/mol. The lowest BCUT2D eigenvalue weighted by atomic mass is 10.1. The Morgan fingerprint density at radius 2 is 1.82 bits per heavy atom. The number of amides is 1. The smallest absolute Gasteiger partial charge is 0.233 e. The zero-order chi connectivity index (χ0) is 15.8. The van der Waals surface area contributed by atoms with Gasteiger partial charge in [0, 0.05) is 23.7 Å². The van der Waals surface area contributed by atoms with E-state index in [1.54, 1.807) is 18.2 Å². The normalized spacial score (nSPS) is 10.5. The lowest BCUT2D eigenvalue weighted by Gasteiger charge is -2.07. The Kier molecular flexibility index (Phi) is 6.37. The largest absolute Gasteiger partial charge is 0.355 e. The molecule has 0 aromatic heterocycles. The van der Waals surface area contributed by atoms with E-state index in [4.69, 9.17) is 11.6 Å². The molecule has 0 saturated heterocycles. The second-order valence-electron chi connectivity index (χ2n) is 4.92. The Balaban J connectivity index is 1.64. The van der Waals surface area contributed by atoms with E-state index in [0.29, 0.717) is 23.7 Å². The van der Waals surface area contributed by atoms with Crippen LogP contribution in [0.15, 0.2) is 48.5 Å². The van der Waals surface area contributed by atoms with Gasteiger partial charge in [-0.2, -0.15) is 0 Å². The summed E-state index contributed by atoms with van der Waals surface area (Å²) in [6.07, 6.45) is 0.746. The highest BCUT2D eigenvalue weighted by atomic mass is 35.5. The van der Waals surface area contributed by atoms with Gasteiger partial charge in [-0.1, -0.05) is 41.9 Å². The molecule has 2 N–H and O–H groups in total. The molecule has 0 atom stereocenters.